The van der Waals surface area contributed by atoms with E-state index in [0.717, 1.165) is 15.6 Å². The third-order valence-electron chi connectivity index (χ3n) is 4.66. The molecule has 0 aliphatic carbocycles. The molecule has 0 bridgehead atoms. The third-order valence-corrected chi connectivity index (χ3v) is 5.63. The molecule has 0 saturated heterocycles. The van der Waals surface area contributed by atoms with Crippen molar-refractivity contribution in [1.29, 1.82) is 0 Å². The monoisotopic (exact) mass is 417 g/mol. The van der Waals surface area contributed by atoms with Gasteiger partial charge in [-0.05, 0) is 36.8 Å². The van der Waals surface area contributed by atoms with Gasteiger partial charge in [-0.1, -0.05) is 30.3 Å². The summed E-state index contributed by atoms with van der Waals surface area (Å²) in [7, 11) is 1.71. The number of hydrogen-bond acceptors (Lipinski definition) is 5. The number of carbonyl (C=O) groups excluding carboxylic acids is 2. The van der Waals surface area contributed by atoms with Crippen LogP contribution < -0.4 is 10.7 Å². The van der Waals surface area contributed by atoms with Gasteiger partial charge in [-0.25, -0.2) is 5.43 Å². The van der Waals surface area contributed by atoms with Crippen LogP contribution >= 0.6 is 11.3 Å². The van der Waals surface area contributed by atoms with Gasteiger partial charge in [0, 0.05) is 34.4 Å². The Hall–Kier alpha value is -3.78. The minimum atomic E-state index is -0.244. The Balaban J connectivity index is 1.42. The smallest absolute Gasteiger partial charge is 0.273 e. The quantitative estimate of drug-likeness (QED) is 0.379. The van der Waals surface area contributed by atoms with E-state index in [1.165, 1.54) is 16.0 Å². The summed E-state index contributed by atoms with van der Waals surface area (Å²) < 4.78 is 2.58. The summed E-state index contributed by atoms with van der Waals surface area (Å²) in [6, 6.07) is 16.7. The second kappa shape index (κ2) is 8.30. The van der Waals surface area contributed by atoms with Gasteiger partial charge in [0.25, 0.3) is 11.8 Å². The standard InChI is InChI=1S/C22H19N5O2S/c1-14(25-26-21(28)18-13-30-20-6-4-3-5-17(18)20)15-7-9-16(10-8-15)24-22(29)19-11-12-23-27(19)2/h3-13H,1-2H3,(H,24,29)(H,26,28)/b25-14-. The van der Waals surface area contributed by atoms with Crippen molar-refractivity contribution in [2.75, 3.05) is 5.32 Å². The number of benzene rings is 2. The maximum atomic E-state index is 12.5. The normalized spacial score (nSPS) is 11.5. The van der Waals surface area contributed by atoms with Gasteiger partial charge in [0.05, 0.1) is 11.3 Å². The van der Waals surface area contributed by atoms with Crippen molar-refractivity contribution in [1.82, 2.24) is 15.2 Å². The first-order valence-electron chi connectivity index (χ1n) is 9.23. The first-order chi connectivity index (χ1) is 14.5. The van der Waals surface area contributed by atoms with E-state index in [4.69, 9.17) is 0 Å². The molecule has 4 aromatic rings. The summed E-state index contributed by atoms with van der Waals surface area (Å²) in [6.07, 6.45) is 1.57. The van der Waals surface area contributed by atoms with Crippen LogP contribution in [0.15, 0.2) is 71.3 Å². The Bertz CT molecular complexity index is 1250. The molecule has 2 N–H and O–H groups in total. The lowest BCUT2D eigenvalue weighted by Gasteiger charge is -2.07. The lowest BCUT2D eigenvalue weighted by atomic mass is 10.1. The number of anilines is 1. The molecule has 0 fully saturated rings. The highest BCUT2D eigenvalue weighted by molar-refractivity contribution is 7.17. The van der Waals surface area contributed by atoms with Gasteiger partial charge in [0.2, 0.25) is 0 Å². The van der Waals surface area contributed by atoms with Crippen molar-refractivity contribution < 1.29 is 9.59 Å². The number of carbonyl (C=O) groups is 2. The molecule has 0 saturated carbocycles. The van der Waals surface area contributed by atoms with E-state index in [1.807, 2.05) is 48.7 Å². The summed E-state index contributed by atoms with van der Waals surface area (Å²) in [5.41, 5.74) is 5.86. The van der Waals surface area contributed by atoms with E-state index in [2.05, 4.69) is 20.9 Å². The first kappa shape index (κ1) is 19.5. The van der Waals surface area contributed by atoms with Crippen molar-refractivity contribution >= 4 is 44.6 Å². The molecule has 0 aliphatic rings. The van der Waals surface area contributed by atoms with Gasteiger partial charge in [-0.3, -0.25) is 14.3 Å². The topological polar surface area (TPSA) is 88.4 Å². The molecule has 0 unspecified atom stereocenters. The number of aromatic nitrogens is 2. The molecule has 30 heavy (non-hydrogen) atoms. The molecule has 0 radical (unpaired) electrons. The van der Waals surface area contributed by atoms with Gasteiger partial charge in [0.15, 0.2) is 0 Å². The number of rotatable bonds is 5. The highest BCUT2D eigenvalue weighted by Crippen LogP contribution is 2.25. The van der Waals surface area contributed by atoms with Gasteiger partial charge >= 0.3 is 0 Å². The molecule has 8 heteroatoms. The number of hydrogen-bond donors (Lipinski definition) is 2. The Morgan fingerprint density at radius 1 is 1.03 bits per heavy atom. The Morgan fingerprint density at radius 3 is 2.53 bits per heavy atom. The molecule has 2 heterocycles. The highest BCUT2D eigenvalue weighted by Gasteiger charge is 2.12. The molecule has 0 atom stereocenters. The van der Waals surface area contributed by atoms with Crippen molar-refractivity contribution in [3.8, 4) is 0 Å². The van der Waals surface area contributed by atoms with Crippen LogP contribution in [0.2, 0.25) is 0 Å². The van der Waals surface area contributed by atoms with Crippen molar-refractivity contribution in [3.05, 3.63) is 83.0 Å². The molecule has 150 valence electrons. The van der Waals surface area contributed by atoms with E-state index < -0.39 is 0 Å². The van der Waals surface area contributed by atoms with Crippen molar-refractivity contribution in [2.24, 2.45) is 12.1 Å². The molecule has 2 aromatic carbocycles. The van der Waals surface area contributed by atoms with Crippen LogP contribution in [0, 0.1) is 0 Å². The number of aryl methyl sites for hydroxylation is 1. The zero-order valence-electron chi connectivity index (χ0n) is 16.4. The maximum absolute atomic E-state index is 12.5. The van der Waals surface area contributed by atoms with Gasteiger partial charge < -0.3 is 5.32 Å². The van der Waals surface area contributed by atoms with E-state index in [0.29, 0.717) is 22.7 Å². The predicted molar refractivity (Wildman–Crippen MR) is 119 cm³/mol. The number of amides is 2. The van der Waals surface area contributed by atoms with E-state index in [1.54, 1.807) is 31.4 Å². The second-order valence-electron chi connectivity index (χ2n) is 6.66. The van der Waals surface area contributed by atoms with Gasteiger partial charge in [0.1, 0.15) is 5.69 Å². The zero-order valence-corrected chi connectivity index (χ0v) is 17.2. The lowest BCUT2D eigenvalue weighted by Crippen LogP contribution is -2.19. The fraction of sp³-hybridized carbons (Fsp3) is 0.0909. The van der Waals surface area contributed by atoms with Crippen LogP contribution in [0.4, 0.5) is 5.69 Å². The van der Waals surface area contributed by atoms with Crippen LogP contribution in [0.3, 0.4) is 0 Å². The fourth-order valence-electron chi connectivity index (χ4n) is 3.00. The van der Waals surface area contributed by atoms with Crippen molar-refractivity contribution in [2.45, 2.75) is 6.92 Å². The number of nitrogens with one attached hydrogen (secondary N) is 2. The van der Waals surface area contributed by atoms with E-state index in [9.17, 15) is 9.59 Å². The van der Waals surface area contributed by atoms with Crippen LogP contribution in [-0.2, 0) is 7.05 Å². The molecule has 4 rings (SSSR count). The minimum Gasteiger partial charge on any atom is -0.321 e. The molecule has 0 aliphatic heterocycles. The summed E-state index contributed by atoms with van der Waals surface area (Å²) in [5.74, 6) is -0.477. The summed E-state index contributed by atoms with van der Waals surface area (Å²) in [5, 5.41) is 13.8. The Kier molecular flexibility index (Phi) is 5.40. The van der Waals surface area contributed by atoms with Crippen molar-refractivity contribution in [3.63, 3.8) is 0 Å². The Labute approximate surface area is 177 Å². The molecule has 2 amide bonds. The average Bonchev–Trinajstić information content (AvgIpc) is 3.38. The zero-order chi connectivity index (χ0) is 21.1. The largest absolute Gasteiger partial charge is 0.321 e. The molecule has 0 spiro atoms. The number of nitrogens with zero attached hydrogens (tertiary/aromatic N) is 3. The van der Waals surface area contributed by atoms with Gasteiger partial charge in [-0.15, -0.1) is 11.3 Å². The summed E-state index contributed by atoms with van der Waals surface area (Å²) in [4.78, 5) is 24.8. The predicted octanol–water partition coefficient (Wildman–Crippen LogP) is 4.04. The highest BCUT2D eigenvalue weighted by atomic mass is 32.1. The summed E-state index contributed by atoms with van der Waals surface area (Å²) in [6.45, 7) is 1.81. The lowest BCUT2D eigenvalue weighted by molar-refractivity contribution is 0.0955. The number of fused-ring (bicyclic) bond motifs is 1. The van der Waals surface area contributed by atoms with Crippen LogP contribution in [0.1, 0.15) is 33.3 Å². The van der Waals surface area contributed by atoms with E-state index in [-0.39, 0.29) is 11.8 Å². The number of thiophene rings is 1. The molecule has 7 nitrogen and oxygen atoms in total. The number of hydrazone groups is 1. The maximum Gasteiger partial charge on any atom is 0.273 e. The summed E-state index contributed by atoms with van der Waals surface area (Å²) >= 11 is 1.53. The third kappa shape index (κ3) is 3.99. The first-order valence-corrected chi connectivity index (χ1v) is 10.1. The molecular formula is C22H19N5O2S. The Morgan fingerprint density at radius 2 is 1.80 bits per heavy atom. The van der Waals surface area contributed by atoms with Crippen LogP contribution in [-0.4, -0.2) is 27.3 Å². The van der Waals surface area contributed by atoms with E-state index >= 15 is 0 Å². The SMILES string of the molecule is C/C(=N/NC(=O)c1csc2ccccc12)c1ccc(NC(=O)c2ccnn2C)cc1. The molecule has 2 aromatic heterocycles. The molecular weight excluding hydrogens is 398 g/mol. The second-order valence-corrected chi connectivity index (χ2v) is 7.57. The van der Waals surface area contributed by atoms with Crippen LogP contribution in [0.25, 0.3) is 10.1 Å². The average molecular weight is 417 g/mol. The minimum absolute atomic E-state index is 0.233. The fourth-order valence-corrected chi connectivity index (χ4v) is 3.94. The van der Waals surface area contributed by atoms with Gasteiger partial charge in [-0.2, -0.15) is 10.2 Å². The van der Waals surface area contributed by atoms with Crippen LogP contribution in [0.5, 0.6) is 0 Å².